The molecule has 1 aromatic heterocycles. The van der Waals surface area contributed by atoms with Gasteiger partial charge in [0.15, 0.2) is 0 Å². The first-order valence-corrected chi connectivity index (χ1v) is 11.9. The van der Waals surface area contributed by atoms with Crippen molar-refractivity contribution in [2.45, 2.75) is 12.3 Å². The van der Waals surface area contributed by atoms with E-state index in [-0.39, 0.29) is 11.8 Å². The summed E-state index contributed by atoms with van der Waals surface area (Å²) in [5.41, 5.74) is 11.8. The number of hydrogen-bond acceptors (Lipinski definition) is 3. The maximum absolute atomic E-state index is 13.8. The predicted octanol–water partition coefficient (Wildman–Crippen LogP) is 4.79. The van der Waals surface area contributed by atoms with Gasteiger partial charge >= 0.3 is 6.03 Å². The minimum absolute atomic E-state index is 0.0502. The summed E-state index contributed by atoms with van der Waals surface area (Å²) < 4.78 is 0. The molecule has 3 amide bonds. The number of nitrogens with two attached hydrogens (primary N) is 1. The van der Waals surface area contributed by atoms with Gasteiger partial charge in [-0.15, -0.1) is 11.6 Å². The van der Waals surface area contributed by atoms with Gasteiger partial charge in [0.2, 0.25) is 0 Å². The van der Waals surface area contributed by atoms with Gasteiger partial charge in [0.1, 0.15) is 5.69 Å². The molecule has 7 nitrogen and oxygen atoms in total. The molecule has 2 aliphatic rings. The van der Waals surface area contributed by atoms with E-state index in [9.17, 15) is 9.59 Å². The molecule has 0 unspecified atom stereocenters. The number of aromatic amines is 1. The smallest absolute Gasteiger partial charge is 0.319 e. The Morgan fingerprint density at radius 2 is 1.88 bits per heavy atom. The van der Waals surface area contributed by atoms with E-state index >= 15 is 0 Å². The largest absolute Gasteiger partial charge is 0.388 e. The van der Waals surface area contributed by atoms with Gasteiger partial charge in [0, 0.05) is 59.6 Å². The molecule has 0 aliphatic carbocycles. The number of primary amides is 1. The Kier molecular flexibility index (Phi) is 4.71. The van der Waals surface area contributed by atoms with Crippen LogP contribution in [0.2, 0.25) is 0 Å². The molecule has 8 heteroatoms. The molecule has 4 aromatic rings. The third kappa shape index (κ3) is 2.90. The highest BCUT2D eigenvalue weighted by Crippen LogP contribution is 2.45. The van der Waals surface area contributed by atoms with E-state index < -0.39 is 6.03 Å². The highest BCUT2D eigenvalue weighted by Gasteiger charge is 2.35. The maximum atomic E-state index is 13.8. The van der Waals surface area contributed by atoms with Gasteiger partial charge in [0.05, 0.1) is 5.69 Å². The summed E-state index contributed by atoms with van der Waals surface area (Å²) in [6.45, 7) is 1.08. The first-order chi connectivity index (χ1) is 16.5. The number of nitrogens with zero attached hydrogens (tertiary/aromatic N) is 2. The second kappa shape index (κ2) is 7.67. The monoisotopic (exact) mass is 473 g/mol. The van der Waals surface area contributed by atoms with E-state index in [0.717, 1.165) is 49.9 Å². The number of fused-ring (bicyclic) bond motifs is 6. The molecular formula is C26H24ClN5O2. The molecule has 0 spiro atoms. The summed E-state index contributed by atoms with van der Waals surface area (Å²) in [4.78, 5) is 32.3. The summed E-state index contributed by atoms with van der Waals surface area (Å²) in [5, 5.41) is 6.46. The molecule has 0 fully saturated rings. The van der Waals surface area contributed by atoms with Crippen molar-refractivity contribution in [2.75, 3.05) is 41.1 Å². The molecule has 2 aliphatic heterocycles. The van der Waals surface area contributed by atoms with Crippen LogP contribution in [0, 0.1) is 0 Å². The molecule has 6 rings (SSSR count). The van der Waals surface area contributed by atoms with E-state index in [2.05, 4.69) is 22.4 Å². The topological polar surface area (TPSA) is 94.5 Å². The quantitative estimate of drug-likeness (QED) is 0.373. The number of hydrogen-bond donors (Lipinski definition) is 3. The van der Waals surface area contributed by atoms with Crippen LogP contribution in [0.4, 0.5) is 21.9 Å². The fraction of sp³-hybridized carbons (Fsp3) is 0.231. The number of anilines is 3. The van der Waals surface area contributed by atoms with Crippen LogP contribution in [-0.4, -0.2) is 42.9 Å². The zero-order valence-corrected chi connectivity index (χ0v) is 19.4. The molecule has 0 bridgehead atoms. The first-order valence-electron chi connectivity index (χ1n) is 11.3. The molecule has 0 saturated carbocycles. The standard InChI is InChI=1S/C26H24ClN5O2/c1-29-20-11-23-24(17-5-3-2-4-15(17)20)14(12-27)13-32(23)25(33)21-10-18-16-8-9-31(26(28)34)22(16)7-6-19(18)30-21/h2-7,10-11,14,29-30H,8-9,12-13H2,1H3,(H2,28,34)/t14-/m1/s1. The van der Waals surface area contributed by atoms with Crippen LogP contribution in [0.3, 0.4) is 0 Å². The number of benzene rings is 3. The lowest BCUT2D eigenvalue weighted by molar-refractivity contribution is 0.0984. The van der Waals surface area contributed by atoms with Crippen molar-refractivity contribution in [2.24, 2.45) is 5.73 Å². The fourth-order valence-electron chi connectivity index (χ4n) is 5.57. The second-order valence-corrected chi connectivity index (χ2v) is 9.18. The van der Waals surface area contributed by atoms with Crippen molar-refractivity contribution in [1.82, 2.24) is 4.98 Å². The lowest BCUT2D eigenvalue weighted by Crippen LogP contribution is -2.33. The number of urea groups is 1. The van der Waals surface area contributed by atoms with E-state index in [0.29, 0.717) is 31.1 Å². The number of amides is 3. The number of carbonyl (C=O) groups is 2. The van der Waals surface area contributed by atoms with Crippen molar-refractivity contribution in [3.05, 3.63) is 65.4 Å². The Balaban J connectivity index is 1.45. The molecule has 0 radical (unpaired) electrons. The van der Waals surface area contributed by atoms with Gasteiger partial charge in [-0.25, -0.2) is 4.79 Å². The minimum Gasteiger partial charge on any atom is -0.388 e. The maximum Gasteiger partial charge on any atom is 0.319 e. The fourth-order valence-corrected chi connectivity index (χ4v) is 5.82. The summed E-state index contributed by atoms with van der Waals surface area (Å²) in [6, 6.07) is 15.5. The Morgan fingerprint density at radius 1 is 1.09 bits per heavy atom. The van der Waals surface area contributed by atoms with Crippen molar-refractivity contribution in [3.8, 4) is 0 Å². The summed E-state index contributed by atoms with van der Waals surface area (Å²) in [5.74, 6) is 0.387. The molecule has 34 heavy (non-hydrogen) atoms. The summed E-state index contributed by atoms with van der Waals surface area (Å²) >= 11 is 6.39. The average molecular weight is 474 g/mol. The Hall–Kier alpha value is -3.71. The molecule has 4 N–H and O–H groups in total. The van der Waals surface area contributed by atoms with E-state index in [1.165, 1.54) is 0 Å². The van der Waals surface area contributed by atoms with Crippen LogP contribution in [0.1, 0.15) is 27.5 Å². The first kappa shape index (κ1) is 20.9. The predicted molar refractivity (Wildman–Crippen MR) is 138 cm³/mol. The van der Waals surface area contributed by atoms with Gasteiger partial charge in [-0.3, -0.25) is 9.69 Å². The third-order valence-electron chi connectivity index (χ3n) is 7.13. The van der Waals surface area contributed by atoms with Crippen LogP contribution in [0.25, 0.3) is 21.7 Å². The van der Waals surface area contributed by atoms with Crippen molar-refractivity contribution < 1.29 is 9.59 Å². The Bertz CT molecular complexity index is 1490. The number of aromatic nitrogens is 1. The number of nitrogens with one attached hydrogen (secondary N) is 2. The second-order valence-electron chi connectivity index (χ2n) is 8.87. The Labute approximate surface area is 201 Å². The molecule has 172 valence electrons. The number of rotatable bonds is 3. The third-order valence-corrected chi connectivity index (χ3v) is 7.50. The van der Waals surface area contributed by atoms with Crippen molar-refractivity contribution >= 4 is 62.3 Å². The number of H-pyrrole nitrogens is 1. The lowest BCUT2D eigenvalue weighted by atomic mass is 9.95. The number of alkyl halides is 1. The van der Waals surface area contributed by atoms with Gasteiger partial charge in [-0.1, -0.05) is 24.3 Å². The van der Waals surface area contributed by atoms with E-state index in [1.807, 2.05) is 48.3 Å². The molecular weight excluding hydrogens is 450 g/mol. The van der Waals surface area contributed by atoms with Crippen LogP contribution in [-0.2, 0) is 6.42 Å². The Morgan fingerprint density at radius 3 is 2.62 bits per heavy atom. The normalized spacial score (nSPS) is 16.8. The average Bonchev–Trinajstić information content (AvgIpc) is 3.57. The molecule has 1 atom stereocenters. The van der Waals surface area contributed by atoms with Gasteiger partial charge in [-0.2, -0.15) is 0 Å². The zero-order valence-electron chi connectivity index (χ0n) is 18.7. The SMILES string of the molecule is CNc1cc2c(c3ccccc13)[C@H](CCl)CN2C(=O)c1cc2c3c(ccc2[nH]1)N(C(N)=O)CC3. The van der Waals surface area contributed by atoms with Gasteiger partial charge in [-0.05, 0) is 47.2 Å². The van der Waals surface area contributed by atoms with E-state index in [4.69, 9.17) is 17.3 Å². The highest BCUT2D eigenvalue weighted by atomic mass is 35.5. The lowest BCUT2D eigenvalue weighted by Gasteiger charge is -2.18. The summed E-state index contributed by atoms with van der Waals surface area (Å²) in [6.07, 6.45) is 0.708. The van der Waals surface area contributed by atoms with E-state index in [1.54, 1.807) is 4.90 Å². The van der Waals surface area contributed by atoms with Crippen LogP contribution < -0.4 is 20.9 Å². The molecule has 3 heterocycles. The van der Waals surface area contributed by atoms with Crippen molar-refractivity contribution in [1.29, 1.82) is 0 Å². The van der Waals surface area contributed by atoms with Gasteiger partial charge < -0.3 is 20.9 Å². The van der Waals surface area contributed by atoms with Crippen LogP contribution in [0.15, 0.2) is 48.5 Å². The molecule has 3 aromatic carbocycles. The van der Waals surface area contributed by atoms with Crippen LogP contribution >= 0.6 is 11.6 Å². The molecule has 0 saturated heterocycles. The van der Waals surface area contributed by atoms with Crippen molar-refractivity contribution in [3.63, 3.8) is 0 Å². The number of halogens is 1. The zero-order chi connectivity index (χ0) is 23.6. The number of carbonyl (C=O) groups excluding carboxylic acids is 2. The highest BCUT2D eigenvalue weighted by molar-refractivity contribution is 6.19. The minimum atomic E-state index is -0.460. The summed E-state index contributed by atoms with van der Waals surface area (Å²) in [7, 11) is 1.89. The van der Waals surface area contributed by atoms with Crippen LogP contribution in [0.5, 0.6) is 0 Å². The van der Waals surface area contributed by atoms with Gasteiger partial charge in [0.25, 0.3) is 5.91 Å².